The second-order valence-corrected chi connectivity index (χ2v) is 13.6. The highest BCUT2D eigenvalue weighted by Crippen LogP contribution is 2.46. The number of fused-ring (bicyclic) bond motifs is 1. The van der Waals surface area contributed by atoms with E-state index in [9.17, 15) is 9.18 Å². The third-order valence-electron chi connectivity index (χ3n) is 10.6. The van der Waals surface area contributed by atoms with E-state index in [0.717, 1.165) is 81.4 Å². The van der Waals surface area contributed by atoms with Crippen LogP contribution in [0.15, 0.2) is 97.1 Å². The van der Waals surface area contributed by atoms with E-state index in [1.807, 2.05) is 0 Å². The van der Waals surface area contributed by atoms with Crippen molar-refractivity contribution in [1.82, 2.24) is 10.6 Å². The zero-order valence-corrected chi connectivity index (χ0v) is 29.8. The molecule has 0 radical (unpaired) electrons. The molecule has 0 saturated carbocycles. The third-order valence-corrected chi connectivity index (χ3v) is 10.6. The lowest BCUT2D eigenvalue weighted by molar-refractivity contribution is -0.121. The number of aryl methyl sites for hydroxylation is 1. The van der Waals surface area contributed by atoms with E-state index in [1.165, 1.54) is 34.4 Å². The second-order valence-electron chi connectivity index (χ2n) is 13.6. The van der Waals surface area contributed by atoms with Crippen LogP contribution in [0.25, 0.3) is 0 Å². The lowest BCUT2D eigenvalue weighted by Gasteiger charge is -2.43. The van der Waals surface area contributed by atoms with Crippen molar-refractivity contribution < 1.29 is 18.7 Å². The van der Waals surface area contributed by atoms with Gasteiger partial charge in [-0.1, -0.05) is 85.6 Å². The minimum absolute atomic E-state index is 0.0212. The largest absolute Gasteiger partial charge is 0.493 e. The van der Waals surface area contributed by atoms with Crippen LogP contribution in [0, 0.1) is 5.82 Å². The van der Waals surface area contributed by atoms with Gasteiger partial charge in [-0.3, -0.25) is 4.79 Å². The molecule has 0 aromatic heterocycles. The average Bonchev–Trinajstić information content (AvgIpc) is 3.16. The Morgan fingerprint density at radius 3 is 2.10 bits per heavy atom. The van der Waals surface area contributed by atoms with E-state index >= 15 is 0 Å². The van der Waals surface area contributed by atoms with Crippen LogP contribution in [0.4, 0.5) is 4.39 Å². The summed E-state index contributed by atoms with van der Waals surface area (Å²) in [5.41, 5.74) is 11.8. The maximum Gasteiger partial charge on any atom is 0.220 e. The number of methoxy groups -OCH3 is 2. The number of benzene rings is 4. The van der Waals surface area contributed by atoms with E-state index in [1.54, 1.807) is 26.4 Å². The third kappa shape index (κ3) is 9.12. The average molecular weight is 680 g/mol. The number of unbranched alkanes of at least 4 members (excludes halogenated alkanes) is 1. The fraction of sp³-hybridized carbons (Fsp3) is 0.419. The highest BCUT2D eigenvalue weighted by atomic mass is 19.1. The number of carbonyl (C=O) groups excluding carboxylic acids is 1. The number of carbonyl (C=O) groups is 1. The topological polar surface area (TPSA) is 85.6 Å². The van der Waals surface area contributed by atoms with Gasteiger partial charge < -0.3 is 25.8 Å². The molecule has 266 valence electrons. The Labute approximate surface area is 298 Å². The zero-order valence-electron chi connectivity index (χ0n) is 29.8. The van der Waals surface area contributed by atoms with E-state index in [0.29, 0.717) is 25.9 Å². The standard InChI is InChI=1S/C43H54FN3O3/c1-49-39-31-34-23-30-47-43(26-9-10-28-45,38(34)32-40(39)50-2)27-11-24-42(35-13-5-3-6-14-35,36-15-7-4-8-16-36)25-12-29-46-41(48)22-19-33-17-20-37(44)21-18-33/h3-8,13-18,20-21,31-32,47H,9-12,19,22-30,45H2,1-2H3,(H,46,48). The molecule has 0 spiro atoms. The summed E-state index contributed by atoms with van der Waals surface area (Å²) in [7, 11) is 3.41. The zero-order chi connectivity index (χ0) is 35.2. The van der Waals surface area contributed by atoms with Crippen LogP contribution in [-0.4, -0.2) is 39.8 Å². The molecule has 0 bridgehead atoms. The Hall–Kier alpha value is -4.20. The first kappa shape index (κ1) is 37.1. The Bertz CT molecular complexity index is 1590. The number of rotatable bonds is 19. The van der Waals surface area contributed by atoms with Gasteiger partial charge in [0.2, 0.25) is 5.91 Å². The summed E-state index contributed by atoms with van der Waals surface area (Å²) in [4.78, 5) is 12.8. The summed E-state index contributed by atoms with van der Waals surface area (Å²) in [5, 5.41) is 7.15. The minimum atomic E-state index is -0.263. The van der Waals surface area contributed by atoms with Gasteiger partial charge in [-0.15, -0.1) is 0 Å². The van der Waals surface area contributed by atoms with Crippen LogP contribution >= 0.6 is 0 Å². The van der Waals surface area contributed by atoms with Gasteiger partial charge in [0.15, 0.2) is 11.5 Å². The molecule has 0 aliphatic carbocycles. The lowest BCUT2D eigenvalue weighted by atomic mass is 9.67. The molecule has 0 saturated heterocycles. The minimum Gasteiger partial charge on any atom is -0.493 e. The number of nitrogens with one attached hydrogen (secondary N) is 2. The molecule has 1 amide bonds. The van der Waals surface area contributed by atoms with Crippen molar-refractivity contribution in [3.63, 3.8) is 0 Å². The second kappa shape index (κ2) is 18.2. The number of ether oxygens (including phenoxy) is 2. The smallest absolute Gasteiger partial charge is 0.220 e. The number of hydrogen-bond acceptors (Lipinski definition) is 5. The van der Waals surface area contributed by atoms with Gasteiger partial charge in [-0.05, 0) is 110 Å². The van der Waals surface area contributed by atoms with Crippen LogP contribution in [0.3, 0.4) is 0 Å². The van der Waals surface area contributed by atoms with Crippen molar-refractivity contribution in [2.75, 3.05) is 33.9 Å². The molecule has 1 aliphatic heterocycles. The molecular formula is C43H54FN3O3. The molecule has 1 aliphatic rings. The van der Waals surface area contributed by atoms with Crippen LogP contribution in [0.2, 0.25) is 0 Å². The Morgan fingerprint density at radius 1 is 0.840 bits per heavy atom. The maximum atomic E-state index is 13.3. The van der Waals surface area contributed by atoms with Gasteiger partial charge in [0.05, 0.1) is 14.2 Å². The van der Waals surface area contributed by atoms with E-state index in [2.05, 4.69) is 83.4 Å². The fourth-order valence-electron chi connectivity index (χ4n) is 7.94. The summed E-state index contributed by atoms with van der Waals surface area (Å²) in [6.07, 6.45) is 9.61. The molecule has 5 rings (SSSR count). The lowest BCUT2D eigenvalue weighted by Crippen LogP contribution is -2.47. The molecule has 1 unspecified atom stereocenters. The molecule has 50 heavy (non-hydrogen) atoms. The molecule has 4 aromatic rings. The molecule has 7 heteroatoms. The van der Waals surface area contributed by atoms with E-state index in [-0.39, 0.29) is 22.7 Å². The van der Waals surface area contributed by atoms with Crippen molar-refractivity contribution >= 4 is 5.91 Å². The Kier molecular flexibility index (Phi) is 13.5. The molecule has 6 nitrogen and oxygen atoms in total. The van der Waals surface area contributed by atoms with Crippen molar-refractivity contribution in [1.29, 1.82) is 0 Å². The normalized spacial score (nSPS) is 15.7. The van der Waals surface area contributed by atoms with Crippen LogP contribution in [-0.2, 0) is 28.6 Å². The summed E-state index contributed by atoms with van der Waals surface area (Å²) < 4.78 is 24.8. The van der Waals surface area contributed by atoms with E-state index < -0.39 is 0 Å². The monoisotopic (exact) mass is 679 g/mol. The predicted molar refractivity (Wildman–Crippen MR) is 200 cm³/mol. The van der Waals surface area contributed by atoms with Gasteiger partial charge >= 0.3 is 0 Å². The first-order chi connectivity index (χ1) is 24.4. The summed E-state index contributed by atoms with van der Waals surface area (Å²) in [5.74, 6) is 1.30. The molecule has 4 N–H and O–H groups in total. The highest BCUT2D eigenvalue weighted by Gasteiger charge is 2.39. The molecule has 4 aromatic carbocycles. The Balaban J connectivity index is 1.37. The van der Waals surface area contributed by atoms with Crippen molar-refractivity contribution in [2.45, 2.75) is 81.6 Å². The van der Waals surface area contributed by atoms with Crippen LogP contribution in [0.1, 0.15) is 85.6 Å². The van der Waals surface area contributed by atoms with Crippen molar-refractivity contribution in [3.8, 4) is 11.5 Å². The van der Waals surface area contributed by atoms with Crippen LogP contribution in [0.5, 0.6) is 11.5 Å². The number of amides is 1. The SMILES string of the molecule is COc1cc2c(cc1OC)C(CCCCN)(CCCC(CCCNC(=O)CCc1ccc(F)cc1)(c1ccccc1)c1ccccc1)NCC2. The number of halogens is 1. The fourth-order valence-corrected chi connectivity index (χ4v) is 7.94. The Morgan fingerprint density at radius 2 is 1.46 bits per heavy atom. The summed E-state index contributed by atoms with van der Waals surface area (Å²) >= 11 is 0. The predicted octanol–water partition coefficient (Wildman–Crippen LogP) is 8.00. The van der Waals surface area contributed by atoms with Crippen molar-refractivity contribution in [3.05, 3.63) is 131 Å². The van der Waals surface area contributed by atoms with Gasteiger partial charge in [-0.2, -0.15) is 0 Å². The molecule has 1 heterocycles. The van der Waals surface area contributed by atoms with E-state index in [4.69, 9.17) is 15.2 Å². The molecule has 0 fully saturated rings. The summed E-state index contributed by atoms with van der Waals surface area (Å²) in [6.45, 7) is 2.19. The van der Waals surface area contributed by atoms with Crippen molar-refractivity contribution in [2.24, 2.45) is 5.73 Å². The van der Waals surface area contributed by atoms with Gasteiger partial charge in [0.1, 0.15) is 5.82 Å². The van der Waals surface area contributed by atoms with Gasteiger partial charge in [0.25, 0.3) is 0 Å². The first-order valence-corrected chi connectivity index (χ1v) is 18.3. The van der Waals surface area contributed by atoms with Crippen LogP contribution < -0.4 is 25.8 Å². The summed E-state index contributed by atoms with van der Waals surface area (Å²) in [6, 6.07) is 32.5. The molecule has 1 atom stereocenters. The molecular weight excluding hydrogens is 625 g/mol. The number of nitrogens with two attached hydrogens (primary N) is 1. The maximum absolute atomic E-state index is 13.3. The highest BCUT2D eigenvalue weighted by molar-refractivity contribution is 5.76. The number of hydrogen-bond donors (Lipinski definition) is 3. The quantitative estimate of drug-likeness (QED) is 0.0875. The first-order valence-electron chi connectivity index (χ1n) is 18.3. The van der Waals surface area contributed by atoms with Gasteiger partial charge in [-0.25, -0.2) is 4.39 Å². The van der Waals surface area contributed by atoms with Gasteiger partial charge in [0, 0.05) is 30.5 Å².